The summed E-state index contributed by atoms with van der Waals surface area (Å²) in [6, 6.07) is 10.3. The molecule has 2 aromatic rings. The molecular formula is C21H25FN2O3S. The summed E-state index contributed by atoms with van der Waals surface area (Å²) in [5.41, 5.74) is 1.94. The third-order valence-electron chi connectivity index (χ3n) is 4.83. The van der Waals surface area contributed by atoms with Crippen LogP contribution in [-0.4, -0.2) is 27.4 Å². The zero-order valence-corrected chi connectivity index (χ0v) is 16.9. The summed E-state index contributed by atoms with van der Waals surface area (Å²) in [6.45, 7) is 5.02. The summed E-state index contributed by atoms with van der Waals surface area (Å²) in [4.78, 5) is 14.7. The zero-order chi connectivity index (χ0) is 20.3. The summed E-state index contributed by atoms with van der Waals surface area (Å²) < 4.78 is 40.8. The molecule has 28 heavy (non-hydrogen) atoms. The summed E-state index contributed by atoms with van der Waals surface area (Å²) in [7, 11) is -3.58. The third kappa shape index (κ3) is 4.59. The van der Waals surface area contributed by atoms with Crippen LogP contribution in [0.15, 0.2) is 47.4 Å². The van der Waals surface area contributed by atoms with Gasteiger partial charge in [0.05, 0.1) is 4.90 Å². The van der Waals surface area contributed by atoms with Crippen molar-refractivity contribution in [3.63, 3.8) is 0 Å². The molecule has 7 heteroatoms. The van der Waals surface area contributed by atoms with Crippen LogP contribution in [0, 0.1) is 11.7 Å². The van der Waals surface area contributed by atoms with Crippen molar-refractivity contribution in [3.05, 3.63) is 59.4 Å². The van der Waals surface area contributed by atoms with Crippen molar-refractivity contribution in [2.45, 2.75) is 38.0 Å². The van der Waals surface area contributed by atoms with Crippen molar-refractivity contribution in [3.8, 4) is 0 Å². The SMILES string of the molecule is CC(C)CCNS(=O)(=O)c1ccc2c(c1)CCCN2C(=O)c1ccc(F)cc1. The van der Waals surface area contributed by atoms with Crippen LogP contribution in [0.3, 0.4) is 0 Å². The minimum Gasteiger partial charge on any atom is -0.308 e. The van der Waals surface area contributed by atoms with Gasteiger partial charge in [0, 0.05) is 24.3 Å². The molecule has 0 unspecified atom stereocenters. The number of nitrogens with one attached hydrogen (secondary N) is 1. The number of anilines is 1. The van der Waals surface area contributed by atoms with Crippen LogP contribution >= 0.6 is 0 Å². The van der Waals surface area contributed by atoms with E-state index in [1.807, 2.05) is 13.8 Å². The van der Waals surface area contributed by atoms with Gasteiger partial charge >= 0.3 is 0 Å². The van der Waals surface area contributed by atoms with E-state index in [0.29, 0.717) is 36.7 Å². The van der Waals surface area contributed by atoms with E-state index in [4.69, 9.17) is 0 Å². The third-order valence-corrected chi connectivity index (χ3v) is 6.29. The lowest BCUT2D eigenvalue weighted by atomic mass is 10.0. The summed E-state index contributed by atoms with van der Waals surface area (Å²) in [6.07, 6.45) is 2.21. The quantitative estimate of drug-likeness (QED) is 0.798. The van der Waals surface area contributed by atoms with Crippen LogP contribution in [0.2, 0.25) is 0 Å². The second kappa shape index (κ2) is 8.41. The van der Waals surface area contributed by atoms with Crippen molar-refractivity contribution < 1.29 is 17.6 Å². The Morgan fingerprint density at radius 3 is 2.57 bits per heavy atom. The first kappa shape index (κ1) is 20.5. The molecule has 0 saturated carbocycles. The van der Waals surface area contributed by atoms with Crippen LogP contribution < -0.4 is 9.62 Å². The highest BCUT2D eigenvalue weighted by atomic mass is 32.2. The van der Waals surface area contributed by atoms with Crippen molar-refractivity contribution >= 4 is 21.6 Å². The molecule has 150 valence electrons. The molecule has 0 atom stereocenters. The number of halogens is 1. The number of hydrogen-bond acceptors (Lipinski definition) is 3. The van der Waals surface area contributed by atoms with Gasteiger partial charge in [0.25, 0.3) is 5.91 Å². The van der Waals surface area contributed by atoms with Gasteiger partial charge in [-0.3, -0.25) is 4.79 Å². The van der Waals surface area contributed by atoms with Crippen LogP contribution in [0.4, 0.5) is 10.1 Å². The fourth-order valence-corrected chi connectivity index (χ4v) is 4.36. The molecule has 1 N–H and O–H groups in total. The molecular weight excluding hydrogens is 379 g/mol. The van der Waals surface area contributed by atoms with Gasteiger partial charge in [-0.25, -0.2) is 17.5 Å². The zero-order valence-electron chi connectivity index (χ0n) is 16.1. The van der Waals surface area contributed by atoms with Gasteiger partial charge in [0.15, 0.2) is 0 Å². The Hall–Kier alpha value is -2.25. The van der Waals surface area contributed by atoms with Gasteiger partial charge < -0.3 is 4.90 Å². The van der Waals surface area contributed by atoms with Gasteiger partial charge in [-0.05, 0) is 73.2 Å². The van der Waals surface area contributed by atoms with Crippen molar-refractivity contribution in [2.75, 3.05) is 18.0 Å². The van der Waals surface area contributed by atoms with E-state index in [1.165, 1.54) is 30.3 Å². The first-order valence-electron chi connectivity index (χ1n) is 9.48. The molecule has 0 saturated heterocycles. The number of benzene rings is 2. The van der Waals surface area contributed by atoms with Crippen LogP contribution in [0.5, 0.6) is 0 Å². The Bertz CT molecular complexity index is 956. The molecule has 3 rings (SSSR count). The Kier molecular flexibility index (Phi) is 6.15. The van der Waals surface area contributed by atoms with Crippen molar-refractivity contribution in [1.82, 2.24) is 4.72 Å². The fourth-order valence-electron chi connectivity index (χ4n) is 3.27. The summed E-state index contributed by atoms with van der Waals surface area (Å²) in [5, 5.41) is 0. The number of carbonyl (C=O) groups is 1. The lowest BCUT2D eigenvalue weighted by Crippen LogP contribution is -2.35. The normalized spacial score (nSPS) is 14.2. The second-order valence-corrected chi connectivity index (χ2v) is 9.21. The number of aryl methyl sites for hydroxylation is 1. The molecule has 0 aliphatic carbocycles. The first-order chi connectivity index (χ1) is 13.3. The topological polar surface area (TPSA) is 66.5 Å². The minimum absolute atomic E-state index is 0.214. The second-order valence-electron chi connectivity index (χ2n) is 7.44. The molecule has 1 aliphatic heterocycles. The van der Waals surface area contributed by atoms with Crippen LogP contribution in [0.1, 0.15) is 42.6 Å². The Morgan fingerprint density at radius 1 is 1.18 bits per heavy atom. The molecule has 1 amide bonds. The number of nitrogens with zero attached hydrogens (tertiary/aromatic N) is 1. The molecule has 0 radical (unpaired) electrons. The van der Waals surface area contributed by atoms with Gasteiger partial charge in [-0.1, -0.05) is 13.8 Å². The Labute approximate surface area is 165 Å². The lowest BCUT2D eigenvalue weighted by molar-refractivity contribution is 0.0985. The van der Waals surface area contributed by atoms with E-state index in [1.54, 1.807) is 17.0 Å². The van der Waals surface area contributed by atoms with Gasteiger partial charge in [-0.2, -0.15) is 0 Å². The van der Waals surface area contributed by atoms with E-state index >= 15 is 0 Å². The van der Waals surface area contributed by atoms with Crippen molar-refractivity contribution in [2.24, 2.45) is 5.92 Å². The number of amides is 1. The molecule has 0 bridgehead atoms. The van der Waals surface area contributed by atoms with E-state index in [0.717, 1.165) is 18.4 Å². The van der Waals surface area contributed by atoms with E-state index in [2.05, 4.69) is 4.72 Å². The number of fused-ring (bicyclic) bond motifs is 1. The largest absolute Gasteiger partial charge is 0.308 e. The molecule has 1 heterocycles. The number of sulfonamides is 1. The average molecular weight is 405 g/mol. The van der Waals surface area contributed by atoms with E-state index in [9.17, 15) is 17.6 Å². The highest BCUT2D eigenvalue weighted by Crippen LogP contribution is 2.30. The average Bonchev–Trinajstić information content (AvgIpc) is 2.66. The summed E-state index contributed by atoms with van der Waals surface area (Å²) >= 11 is 0. The Morgan fingerprint density at radius 2 is 1.89 bits per heavy atom. The molecule has 1 aliphatic rings. The lowest BCUT2D eigenvalue weighted by Gasteiger charge is -2.30. The van der Waals surface area contributed by atoms with Crippen LogP contribution in [0.25, 0.3) is 0 Å². The smallest absolute Gasteiger partial charge is 0.258 e. The van der Waals surface area contributed by atoms with Gasteiger partial charge in [0.2, 0.25) is 10.0 Å². The summed E-state index contributed by atoms with van der Waals surface area (Å²) in [5.74, 6) is -0.195. The minimum atomic E-state index is -3.58. The van der Waals surface area contributed by atoms with E-state index < -0.39 is 15.8 Å². The van der Waals surface area contributed by atoms with Gasteiger partial charge in [0.1, 0.15) is 5.82 Å². The predicted octanol–water partition coefficient (Wildman–Crippen LogP) is 3.74. The molecule has 2 aromatic carbocycles. The first-order valence-corrected chi connectivity index (χ1v) is 11.0. The van der Waals surface area contributed by atoms with Crippen LogP contribution in [-0.2, 0) is 16.4 Å². The molecule has 0 aromatic heterocycles. The van der Waals surface area contributed by atoms with E-state index in [-0.39, 0.29) is 10.8 Å². The maximum absolute atomic E-state index is 13.1. The number of carbonyl (C=O) groups excluding carboxylic acids is 1. The maximum atomic E-state index is 13.1. The number of hydrogen-bond donors (Lipinski definition) is 1. The monoisotopic (exact) mass is 404 g/mol. The fraction of sp³-hybridized carbons (Fsp3) is 0.381. The molecule has 0 fully saturated rings. The Balaban J connectivity index is 1.83. The standard InChI is InChI=1S/C21H25FN2O3S/c1-15(2)11-12-23-28(26,27)19-9-10-20-17(14-19)4-3-13-24(20)21(25)16-5-7-18(22)8-6-16/h5-10,14-15,23H,3-4,11-13H2,1-2H3. The predicted molar refractivity (Wildman–Crippen MR) is 107 cm³/mol. The number of rotatable bonds is 6. The van der Waals surface area contributed by atoms with Crippen molar-refractivity contribution in [1.29, 1.82) is 0 Å². The highest BCUT2D eigenvalue weighted by molar-refractivity contribution is 7.89. The maximum Gasteiger partial charge on any atom is 0.258 e. The molecule has 5 nitrogen and oxygen atoms in total. The highest BCUT2D eigenvalue weighted by Gasteiger charge is 2.25. The van der Waals surface area contributed by atoms with Gasteiger partial charge in [-0.15, -0.1) is 0 Å². The molecule has 0 spiro atoms.